The first-order valence-electron chi connectivity index (χ1n) is 7.79. The number of hydrogen-bond acceptors (Lipinski definition) is 7. The number of rotatable bonds is 4. The number of amides is 1. The highest BCUT2D eigenvalue weighted by Gasteiger charge is 2.21. The van der Waals surface area contributed by atoms with Crippen LogP contribution in [0.3, 0.4) is 0 Å². The summed E-state index contributed by atoms with van der Waals surface area (Å²) in [5, 5.41) is 12.4. The number of nitrogens with two attached hydrogens (primary N) is 1. The number of phenolic OH excluding ortho intramolecular Hbond substituents is 1. The highest BCUT2D eigenvalue weighted by molar-refractivity contribution is 7.86. The van der Waals surface area contributed by atoms with Crippen molar-refractivity contribution in [2.45, 2.75) is 9.79 Å². The minimum atomic E-state index is -4.75. The van der Waals surface area contributed by atoms with Crippen LogP contribution in [-0.2, 0) is 20.2 Å². The zero-order chi connectivity index (χ0) is 21.6. The number of phenols is 1. The quantitative estimate of drug-likeness (QED) is 0.299. The molecule has 0 saturated heterocycles. The molecule has 0 aliphatic carbocycles. The first-order valence-corrected chi connectivity index (χ1v) is 10.7. The number of hydrogen-bond donors (Lipinski definition) is 5. The second-order valence-electron chi connectivity index (χ2n) is 6.04. The highest BCUT2D eigenvalue weighted by Crippen LogP contribution is 2.36. The predicted octanol–water partition coefficient (Wildman–Crippen LogP) is 1.87. The summed E-state index contributed by atoms with van der Waals surface area (Å²) in [6.07, 6.45) is 0. The molecule has 0 spiro atoms. The zero-order valence-electron chi connectivity index (χ0n) is 14.4. The summed E-state index contributed by atoms with van der Waals surface area (Å²) in [6, 6.07) is 9.28. The third kappa shape index (κ3) is 4.30. The van der Waals surface area contributed by atoms with Crippen molar-refractivity contribution in [3.05, 3.63) is 54.1 Å². The topological polar surface area (TPSA) is 184 Å². The molecule has 1 amide bonds. The number of benzene rings is 3. The van der Waals surface area contributed by atoms with Crippen LogP contribution in [-0.4, -0.2) is 37.0 Å². The number of nitrogens with one attached hydrogen (secondary N) is 1. The van der Waals surface area contributed by atoms with Crippen molar-refractivity contribution in [3.8, 4) is 5.75 Å². The van der Waals surface area contributed by atoms with Crippen molar-refractivity contribution in [1.82, 2.24) is 0 Å². The van der Waals surface area contributed by atoms with Crippen molar-refractivity contribution < 1.29 is 35.8 Å². The van der Waals surface area contributed by atoms with Crippen molar-refractivity contribution in [1.29, 1.82) is 0 Å². The largest absolute Gasteiger partial charge is 0.507 e. The summed E-state index contributed by atoms with van der Waals surface area (Å²) in [5.74, 6) is -1.36. The lowest BCUT2D eigenvalue weighted by atomic mass is 10.1. The summed E-state index contributed by atoms with van der Waals surface area (Å²) >= 11 is 0. The number of aromatic hydroxyl groups is 1. The van der Waals surface area contributed by atoms with Crippen molar-refractivity contribution in [2.24, 2.45) is 0 Å². The molecule has 3 aromatic rings. The van der Waals surface area contributed by atoms with Gasteiger partial charge in [0.25, 0.3) is 26.1 Å². The standard InChI is InChI=1S/C17H14N2O8S2/c18-11-3-1-2-9(4-11)17(21)19-14-7-12(28(22,23)24)5-10-6-13(29(25,26)27)8-15(20)16(10)14/h1-8,20H,18H2,(H,19,21)(H,22,23,24)(H,25,26,27). The molecule has 3 rings (SSSR count). The van der Waals surface area contributed by atoms with E-state index in [4.69, 9.17) is 5.73 Å². The molecule has 0 atom stereocenters. The van der Waals surface area contributed by atoms with Gasteiger partial charge in [-0.1, -0.05) is 6.07 Å². The van der Waals surface area contributed by atoms with E-state index in [1.165, 1.54) is 18.2 Å². The number of anilines is 2. The van der Waals surface area contributed by atoms with Gasteiger partial charge in [-0.2, -0.15) is 16.8 Å². The molecule has 0 aromatic heterocycles. The van der Waals surface area contributed by atoms with Crippen LogP contribution in [0.4, 0.5) is 11.4 Å². The lowest BCUT2D eigenvalue weighted by Crippen LogP contribution is -2.13. The number of carbonyl (C=O) groups excluding carboxylic acids is 1. The van der Waals surface area contributed by atoms with E-state index in [1.54, 1.807) is 6.07 Å². The van der Waals surface area contributed by atoms with Crippen LogP contribution in [0.2, 0.25) is 0 Å². The van der Waals surface area contributed by atoms with E-state index in [9.17, 15) is 35.8 Å². The summed E-state index contributed by atoms with van der Waals surface area (Å²) in [4.78, 5) is 11.1. The molecule has 0 radical (unpaired) electrons. The van der Waals surface area contributed by atoms with Crippen molar-refractivity contribution in [2.75, 3.05) is 11.1 Å². The maximum Gasteiger partial charge on any atom is 0.294 e. The maximum absolute atomic E-state index is 12.5. The van der Waals surface area contributed by atoms with Crippen LogP contribution in [0.15, 0.2) is 58.3 Å². The van der Waals surface area contributed by atoms with Gasteiger partial charge in [0.2, 0.25) is 0 Å². The van der Waals surface area contributed by atoms with Crippen LogP contribution >= 0.6 is 0 Å². The molecule has 0 bridgehead atoms. The molecule has 0 saturated carbocycles. The van der Waals surface area contributed by atoms with Gasteiger partial charge in [0, 0.05) is 22.7 Å². The van der Waals surface area contributed by atoms with Crippen molar-refractivity contribution >= 4 is 48.3 Å². The summed E-state index contributed by atoms with van der Waals surface area (Å²) in [7, 11) is -9.47. The fraction of sp³-hybridized carbons (Fsp3) is 0. The molecule has 12 heteroatoms. The Bertz CT molecular complexity index is 1360. The van der Waals surface area contributed by atoms with E-state index in [0.717, 1.165) is 24.3 Å². The van der Waals surface area contributed by atoms with Gasteiger partial charge in [0.05, 0.1) is 15.5 Å². The van der Waals surface area contributed by atoms with E-state index in [2.05, 4.69) is 5.32 Å². The van der Waals surface area contributed by atoms with Gasteiger partial charge in [-0.3, -0.25) is 13.9 Å². The highest BCUT2D eigenvalue weighted by atomic mass is 32.2. The Morgan fingerprint density at radius 2 is 1.48 bits per heavy atom. The number of nitrogen functional groups attached to an aromatic ring is 1. The first-order chi connectivity index (χ1) is 13.4. The Labute approximate surface area is 165 Å². The van der Waals surface area contributed by atoms with Gasteiger partial charge in [0.15, 0.2) is 0 Å². The Balaban J connectivity index is 2.25. The average molecular weight is 438 g/mol. The van der Waals surface area contributed by atoms with E-state index in [0.29, 0.717) is 5.69 Å². The molecule has 0 aliphatic heterocycles. The fourth-order valence-corrected chi connectivity index (χ4v) is 3.79. The monoisotopic (exact) mass is 438 g/mol. The van der Waals surface area contributed by atoms with Gasteiger partial charge in [-0.25, -0.2) is 0 Å². The first kappa shape index (κ1) is 20.5. The molecular weight excluding hydrogens is 424 g/mol. The second kappa shape index (κ2) is 7.00. The molecular formula is C17H14N2O8S2. The summed E-state index contributed by atoms with van der Waals surface area (Å²) < 4.78 is 64.5. The minimum absolute atomic E-state index is 0.109. The summed E-state index contributed by atoms with van der Waals surface area (Å²) in [6.45, 7) is 0. The van der Waals surface area contributed by atoms with Gasteiger partial charge in [0.1, 0.15) is 5.75 Å². The molecule has 29 heavy (non-hydrogen) atoms. The molecule has 152 valence electrons. The number of carbonyl (C=O) groups is 1. The van der Waals surface area contributed by atoms with E-state index >= 15 is 0 Å². The van der Waals surface area contributed by atoms with Crippen LogP contribution < -0.4 is 11.1 Å². The lowest BCUT2D eigenvalue weighted by molar-refractivity contribution is 0.102. The minimum Gasteiger partial charge on any atom is -0.507 e. The number of fused-ring (bicyclic) bond motifs is 1. The SMILES string of the molecule is Nc1cccc(C(=O)Nc2cc(S(=O)(=O)O)cc3cc(S(=O)(=O)O)cc(O)c23)c1. The van der Waals surface area contributed by atoms with Gasteiger partial charge < -0.3 is 16.2 Å². The van der Waals surface area contributed by atoms with Crippen LogP contribution in [0.25, 0.3) is 10.8 Å². The van der Waals surface area contributed by atoms with E-state index < -0.39 is 41.7 Å². The van der Waals surface area contributed by atoms with E-state index in [-0.39, 0.29) is 22.0 Å². The maximum atomic E-state index is 12.5. The van der Waals surface area contributed by atoms with Gasteiger partial charge in [-0.05, 0) is 41.8 Å². The Morgan fingerprint density at radius 1 is 0.897 bits per heavy atom. The second-order valence-corrected chi connectivity index (χ2v) is 8.88. The van der Waals surface area contributed by atoms with Crippen LogP contribution in [0.5, 0.6) is 5.75 Å². The predicted molar refractivity (Wildman–Crippen MR) is 104 cm³/mol. The molecule has 6 N–H and O–H groups in total. The average Bonchev–Trinajstić information content (AvgIpc) is 2.59. The molecule has 0 unspecified atom stereocenters. The van der Waals surface area contributed by atoms with Crippen LogP contribution in [0, 0.1) is 0 Å². The fourth-order valence-electron chi connectivity index (χ4n) is 2.71. The van der Waals surface area contributed by atoms with E-state index in [1.807, 2.05) is 0 Å². The molecule has 10 nitrogen and oxygen atoms in total. The molecule has 0 aliphatic rings. The summed E-state index contributed by atoms with van der Waals surface area (Å²) in [5.41, 5.74) is 5.84. The Morgan fingerprint density at radius 3 is 2.03 bits per heavy atom. The Hall–Kier alpha value is -3.19. The lowest BCUT2D eigenvalue weighted by Gasteiger charge is -2.13. The Kier molecular flexibility index (Phi) is 4.96. The molecule has 0 fully saturated rings. The molecule has 3 aromatic carbocycles. The van der Waals surface area contributed by atoms with Crippen molar-refractivity contribution in [3.63, 3.8) is 0 Å². The zero-order valence-corrected chi connectivity index (χ0v) is 16.0. The smallest absolute Gasteiger partial charge is 0.294 e. The normalized spacial score (nSPS) is 12.1. The third-order valence-electron chi connectivity index (χ3n) is 3.97. The van der Waals surface area contributed by atoms with Crippen LogP contribution in [0.1, 0.15) is 10.4 Å². The molecule has 0 heterocycles. The third-order valence-corrected chi connectivity index (χ3v) is 5.63. The van der Waals surface area contributed by atoms with Gasteiger partial charge in [-0.15, -0.1) is 0 Å². The van der Waals surface area contributed by atoms with Gasteiger partial charge >= 0.3 is 0 Å².